The Kier molecular flexibility index (Phi) is 3.45. The quantitative estimate of drug-likeness (QED) is 0.766. The van der Waals surface area contributed by atoms with Gasteiger partial charge in [-0.05, 0) is 31.0 Å². The molecule has 1 aliphatic carbocycles. The molecule has 0 aliphatic heterocycles. The van der Waals surface area contributed by atoms with Gasteiger partial charge in [-0.3, -0.25) is 9.69 Å². The molecular formula is C13H18N2O2. The monoisotopic (exact) mass is 234 g/mol. The third kappa shape index (κ3) is 2.33. The zero-order valence-electron chi connectivity index (χ0n) is 9.97. The van der Waals surface area contributed by atoms with E-state index in [2.05, 4.69) is 12.1 Å². The van der Waals surface area contributed by atoms with Crippen LogP contribution in [0.5, 0.6) is 0 Å². The van der Waals surface area contributed by atoms with E-state index in [0.717, 1.165) is 12.8 Å². The number of likely N-dealkylation sites (N-methyl/N-ethyl adjacent to an activating group) is 1. The van der Waals surface area contributed by atoms with Gasteiger partial charge in [0.15, 0.2) is 0 Å². The highest BCUT2D eigenvalue weighted by Gasteiger charge is 2.30. The lowest BCUT2D eigenvalue weighted by Crippen LogP contribution is -2.50. The number of fused-ring (bicyclic) bond motifs is 1. The van der Waals surface area contributed by atoms with Crippen molar-refractivity contribution in [1.29, 1.82) is 0 Å². The molecule has 1 amide bonds. The molecule has 4 heteroatoms. The van der Waals surface area contributed by atoms with Gasteiger partial charge < -0.3 is 10.8 Å². The molecule has 1 aromatic carbocycles. The number of rotatable bonds is 4. The van der Waals surface area contributed by atoms with Crippen molar-refractivity contribution in [3.63, 3.8) is 0 Å². The van der Waals surface area contributed by atoms with Crippen LogP contribution in [-0.4, -0.2) is 41.7 Å². The van der Waals surface area contributed by atoms with Crippen molar-refractivity contribution in [2.75, 3.05) is 13.7 Å². The molecule has 1 aliphatic rings. The van der Waals surface area contributed by atoms with Gasteiger partial charge in [0.25, 0.3) is 0 Å². The number of primary amides is 1. The van der Waals surface area contributed by atoms with Crippen LogP contribution in [0.25, 0.3) is 0 Å². The standard InChI is InChI=1S/C13H18N2O2/c1-15(12(8-16)13(14)17)11-6-9-4-2-3-5-10(9)7-11/h2-5,11-12,16H,6-8H2,1H3,(H2,14,17). The summed E-state index contributed by atoms with van der Waals surface area (Å²) in [4.78, 5) is 13.1. The van der Waals surface area contributed by atoms with E-state index in [0.29, 0.717) is 0 Å². The van der Waals surface area contributed by atoms with Gasteiger partial charge in [0, 0.05) is 6.04 Å². The van der Waals surface area contributed by atoms with Gasteiger partial charge in [0.2, 0.25) is 5.91 Å². The highest BCUT2D eigenvalue weighted by molar-refractivity contribution is 5.80. The molecule has 2 rings (SSSR count). The summed E-state index contributed by atoms with van der Waals surface area (Å²) in [6, 6.07) is 7.94. The van der Waals surface area contributed by atoms with Gasteiger partial charge in [-0.15, -0.1) is 0 Å². The highest BCUT2D eigenvalue weighted by Crippen LogP contribution is 2.25. The zero-order chi connectivity index (χ0) is 12.4. The fourth-order valence-corrected chi connectivity index (χ4v) is 2.50. The Hall–Kier alpha value is -1.39. The molecule has 0 heterocycles. The molecule has 92 valence electrons. The minimum absolute atomic E-state index is 0.224. The first-order valence-corrected chi connectivity index (χ1v) is 5.82. The van der Waals surface area contributed by atoms with Crippen molar-refractivity contribution in [2.24, 2.45) is 5.73 Å². The largest absolute Gasteiger partial charge is 0.394 e. The van der Waals surface area contributed by atoms with Crippen LogP contribution in [0.1, 0.15) is 11.1 Å². The van der Waals surface area contributed by atoms with Crippen LogP contribution in [0.3, 0.4) is 0 Å². The number of aliphatic hydroxyl groups excluding tert-OH is 1. The molecule has 0 radical (unpaired) electrons. The summed E-state index contributed by atoms with van der Waals surface area (Å²) in [6.45, 7) is -0.224. The smallest absolute Gasteiger partial charge is 0.237 e. The molecule has 3 N–H and O–H groups in total. The fraction of sp³-hybridized carbons (Fsp3) is 0.462. The van der Waals surface area contributed by atoms with E-state index in [-0.39, 0.29) is 12.6 Å². The average molecular weight is 234 g/mol. The number of nitrogens with two attached hydrogens (primary N) is 1. The van der Waals surface area contributed by atoms with Crippen molar-refractivity contribution < 1.29 is 9.90 Å². The third-order valence-corrected chi connectivity index (χ3v) is 3.60. The number of hydrogen-bond donors (Lipinski definition) is 2. The summed E-state index contributed by atoms with van der Waals surface area (Å²) in [5.41, 5.74) is 7.93. The predicted octanol–water partition coefficient (Wildman–Crippen LogP) is -0.0682. The van der Waals surface area contributed by atoms with Crippen molar-refractivity contribution in [3.8, 4) is 0 Å². The number of carbonyl (C=O) groups excluding carboxylic acids is 1. The Bertz CT molecular complexity index is 395. The lowest BCUT2D eigenvalue weighted by Gasteiger charge is -2.29. The van der Waals surface area contributed by atoms with Crippen LogP contribution in [0.4, 0.5) is 0 Å². The molecule has 17 heavy (non-hydrogen) atoms. The molecule has 0 bridgehead atoms. The Morgan fingerprint density at radius 1 is 1.47 bits per heavy atom. The minimum Gasteiger partial charge on any atom is -0.394 e. The van der Waals surface area contributed by atoms with Crippen molar-refractivity contribution in [2.45, 2.75) is 24.9 Å². The van der Waals surface area contributed by atoms with E-state index in [1.165, 1.54) is 11.1 Å². The first kappa shape index (κ1) is 12.1. The van der Waals surface area contributed by atoms with Crippen molar-refractivity contribution in [1.82, 2.24) is 4.90 Å². The number of aliphatic hydroxyl groups is 1. The summed E-state index contributed by atoms with van der Waals surface area (Å²) in [5, 5.41) is 9.20. The van der Waals surface area contributed by atoms with Gasteiger partial charge in [-0.25, -0.2) is 0 Å². The van der Waals surface area contributed by atoms with E-state index in [1.54, 1.807) is 0 Å². The zero-order valence-corrected chi connectivity index (χ0v) is 9.97. The first-order chi connectivity index (χ1) is 8.13. The fourth-order valence-electron chi connectivity index (χ4n) is 2.50. The maximum Gasteiger partial charge on any atom is 0.237 e. The van der Waals surface area contributed by atoms with Crippen LogP contribution in [0, 0.1) is 0 Å². The first-order valence-electron chi connectivity index (χ1n) is 5.82. The number of benzene rings is 1. The average Bonchev–Trinajstić information content (AvgIpc) is 2.72. The summed E-state index contributed by atoms with van der Waals surface area (Å²) < 4.78 is 0. The van der Waals surface area contributed by atoms with Crippen LogP contribution >= 0.6 is 0 Å². The SMILES string of the molecule is CN(C1Cc2ccccc2C1)C(CO)C(N)=O. The number of hydrogen-bond acceptors (Lipinski definition) is 3. The molecule has 1 aromatic rings. The molecule has 0 saturated carbocycles. The topological polar surface area (TPSA) is 66.6 Å². The van der Waals surface area contributed by atoms with E-state index >= 15 is 0 Å². The number of nitrogens with zero attached hydrogens (tertiary/aromatic N) is 1. The minimum atomic E-state index is -0.589. The van der Waals surface area contributed by atoms with Crippen molar-refractivity contribution >= 4 is 5.91 Å². The van der Waals surface area contributed by atoms with Gasteiger partial charge >= 0.3 is 0 Å². The molecule has 0 saturated heterocycles. The predicted molar refractivity (Wildman–Crippen MR) is 65.5 cm³/mol. The molecule has 1 atom stereocenters. The second-order valence-electron chi connectivity index (χ2n) is 4.60. The van der Waals surface area contributed by atoms with Gasteiger partial charge in [0.05, 0.1) is 6.61 Å². The van der Waals surface area contributed by atoms with Gasteiger partial charge in [-0.1, -0.05) is 24.3 Å². The van der Waals surface area contributed by atoms with E-state index in [1.807, 2.05) is 24.1 Å². The lowest BCUT2D eigenvalue weighted by atomic mass is 10.1. The normalized spacial score (nSPS) is 17.1. The lowest BCUT2D eigenvalue weighted by molar-refractivity contribution is -0.124. The van der Waals surface area contributed by atoms with E-state index in [4.69, 9.17) is 5.73 Å². The molecule has 0 aromatic heterocycles. The maximum absolute atomic E-state index is 11.2. The summed E-state index contributed by atoms with van der Waals surface area (Å²) in [6.07, 6.45) is 1.83. The van der Waals surface area contributed by atoms with Gasteiger partial charge in [0.1, 0.15) is 6.04 Å². The molecule has 1 unspecified atom stereocenters. The maximum atomic E-state index is 11.2. The van der Waals surface area contributed by atoms with Crippen molar-refractivity contribution in [3.05, 3.63) is 35.4 Å². The molecular weight excluding hydrogens is 216 g/mol. The van der Waals surface area contributed by atoms with E-state index < -0.39 is 11.9 Å². The summed E-state index contributed by atoms with van der Waals surface area (Å²) >= 11 is 0. The third-order valence-electron chi connectivity index (χ3n) is 3.60. The number of carbonyl (C=O) groups is 1. The van der Waals surface area contributed by atoms with E-state index in [9.17, 15) is 9.90 Å². The Labute approximate surface area is 101 Å². The second-order valence-corrected chi connectivity index (χ2v) is 4.60. The van der Waals surface area contributed by atoms with Crippen LogP contribution in [0.2, 0.25) is 0 Å². The number of amides is 1. The van der Waals surface area contributed by atoms with Crippen LogP contribution < -0.4 is 5.73 Å². The Morgan fingerprint density at radius 3 is 2.41 bits per heavy atom. The summed E-state index contributed by atoms with van der Waals surface area (Å²) in [5.74, 6) is -0.467. The van der Waals surface area contributed by atoms with Crippen LogP contribution in [-0.2, 0) is 17.6 Å². The molecule has 0 spiro atoms. The van der Waals surface area contributed by atoms with Crippen LogP contribution in [0.15, 0.2) is 24.3 Å². The molecule has 0 fully saturated rings. The molecule has 4 nitrogen and oxygen atoms in total. The Balaban J connectivity index is 2.09. The second kappa shape index (κ2) is 4.85. The highest BCUT2D eigenvalue weighted by atomic mass is 16.3. The van der Waals surface area contributed by atoms with Gasteiger partial charge in [-0.2, -0.15) is 0 Å². The Morgan fingerprint density at radius 2 is 2.00 bits per heavy atom. The summed E-state index contributed by atoms with van der Waals surface area (Å²) in [7, 11) is 1.85.